The summed E-state index contributed by atoms with van der Waals surface area (Å²) in [7, 11) is 0. The van der Waals surface area contributed by atoms with Gasteiger partial charge in [0.15, 0.2) is 0 Å². The fourth-order valence-corrected chi connectivity index (χ4v) is 7.45. The third-order valence-corrected chi connectivity index (χ3v) is 8.79. The Kier molecular flexibility index (Phi) is 3.39. The highest BCUT2D eigenvalue weighted by Gasteiger charge is 2.60. The standard InChI is InChI=1S/C20H31NO/c1-19-9-7-15(22)11-13(19)3-5-16-17-6-4-14(12-21)20(17,2)10-8-18(16)19/h13-18,22H,3-11H2,1-2H3/t13-,14+,15+,16-,17-,18-,19-,20+/m1/s1. The number of aliphatic hydroxyl groups excluding tert-OH is 1. The van der Waals surface area contributed by atoms with Crippen molar-refractivity contribution >= 4 is 0 Å². The zero-order valence-electron chi connectivity index (χ0n) is 14.2. The van der Waals surface area contributed by atoms with Gasteiger partial charge in [-0.15, -0.1) is 0 Å². The average Bonchev–Trinajstić information content (AvgIpc) is 2.84. The van der Waals surface area contributed by atoms with Gasteiger partial charge >= 0.3 is 0 Å². The normalized spacial score (nSPS) is 57.4. The first-order valence-corrected chi connectivity index (χ1v) is 9.56. The fourth-order valence-electron chi connectivity index (χ4n) is 7.45. The second-order valence-corrected chi connectivity index (χ2v) is 9.39. The molecule has 122 valence electrons. The van der Waals surface area contributed by atoms with Gasteiger partial charge in [-0.1, -0.05) is 13.8 Å². The van der Waals surface area contributed by atoms with E-state index in [1.165, 1.54) is 38.5 Å². The summed E-state index contributed by atoms with van der Waals surface area (Å²) in [5.74, 6) is 3.55. The predicted octanol–water partition coefficient (Wildman–Crippen LogP) is 4.53. The van der Waals surface area contributed by atoms with Crippen LogP contribution in [-0.4, -0.2) is 11.2 Å². The van der Waals surface area contributed by atoms with Crippen LogP contribution in [-0.2, 0) is 0 Å². The molecular weight excluding hydrogens is 270 g/mol. The minimum Gasteiger partial charge on any atom is -0.393 e. The molecule has 4 rings (SSSR count). The summed E-state index contributed by atoms with van der Waals surface area (Å²) < 4.78 is 0. The molecule has 0 heterocycles. The van der Waals surface area contributed by atoms with Gasteiger partial charge < -0.3 is 5.11 Å². The summed E-state index contributed by atoms with van der Waals surface area (Å²) in [6.07, 6.45) is 10.9. The van der Waals surface area contributed by atoms with Gasteiger partial charge in [-0.05, 0) is 92.3 Å². The number of nitrogens with zero attached hydrogens (tertiary/aromatic N) is 1. The molecule has 0 spiro atoms. The lowest BCUT2D eigenvalue weighted by Crippen LogP contribution is -2.53. The van der Waals surface area contributed by atoms with Crippen molar-refractivity contribution < 1.29 is 5.11 Å². The van der Waals surface area contributed by atoms with Crippen molar-refractivity contribution in [3.63, 3.8) is 0 Å². The van der Waals surface area contributed by atoms with E-state index in [-0.39, 0.29) is 6.10 Å². The third kappa shape index (κ3) is 1.87. The van der Waals surface area contributed by atoms with E-state index in [0.29, 0.717) is 16.7 Å². The van der Waals surface area contributed by atoms with Crippen LogP contribution in [0.1, 0.15) is 71.6 Å². The SMILES string of the molecule is C[C@@]12CC[C@@H]3[C@H](CC[C@@H]4C[C@@H](O)CC[C@]43C)[C@H]1CC[C@H]2C#N. The van der Waals surface area contributed by atoms with Crippen molar-refractivity contribution in [1.29, 1.82) is 5.26 Å². The van der Waals surface area contributed by atoms with Gasteiger partial charge in [0.05, 0.1) is 18.1 Å². The second kappa shape index (κ2) is 4.97. The van der Waals surface area contributed by atoms with E-state index >= 15 is 0 Å². The molecule has 0 aromatic carbocycles. The highest BCUT2D eigenvalue weighted by atomic mass is 16.3. The van der Waals surface area contributed by atoms with Crippen LogP contribution in [0.5, 0.6) is 0 Å². The number of hydrogen-bond donors (Lipinski definition) is 1. The lowest BCUT2D eigenvalue weighted by atomic mass is 9.45. The van der Waals surface area contributed by atoms with Crippen LogP contribution in [0.2, 0.25) is 0 Å². The molecule has 4 fully saturated rings. The lowest BCUT2D eigenvalue weighted by Gasteiger charge is -2.60. The van der Waals surface area contributed by atoms with Crippen molar-refractivity contribution in [2.45, 2.75) is 77.7 Å². The monoisotopic (exact) mass is 301 g/mol. The second-order valence-electron chi connectivity index (χ2n) is 9.39. The lowest BCUT2D eigenvalue weighted by molar-refractivity contribution is -0.124. The van der Waals surface area contributed by atoms with E-state index in [4.69, 9.17) is 0 Å². The van der Waals surface area contributed by atoms with Gasteiger partial charge in [0, 0.05) is 0 Å². The predicted molar refractivity (Wildman–Crippen MR) is 86.8 cm³/mol. The first-order valence-electron chi connectivity index (χ1n) is 9.56. The highest BCUT2D eigenvalue weighted by molar-refractivity contribution is 5.12. The summed E-state index contributed by atoms with van der Waals surface area (Å²) in [5, 5.41) is 19.6. The van der Waals surface area contributed by atoms with Crippen molar-refractivity contribution in [3.05, 3.63) is 0 Å². The van der Waals surface area contributed by atoms with E-state index < -0.39 is 0 Å². The number of rotatable bonds is 0. The number of fused-ring (bicyclic) bond motifs is 5. The first kappa shape index (κ1) is 15.0. The molecule has 2 heteroatoms. The molecule has 0 aromatic heterocycles. The Morgan fingerprint density at radius 2 is 1.64 bits per heavy atom. The van der Waals surface area contributed by atoms with Crippen molar-refractivity contribution in [2.75, 3.05) is 0 Å². The summed E-state index contributed by atoms with van der Waals surface area (Å²) in [6.45, 7) is 4.97. The van der Waals surface area contributed by atoms with E-state index in [0.717, 1.165) is 42.9 Å². The molecule has 0 unspecified atom stereocenters. The van der Waals surface area contributed by atoms with Crippen LogP contribution in [0, 0.1) is 51.8 Å². The average molecular weight is 301 g/mol. The smallest absolute Gasteiger partial charge is 0.0661 e. The van der Waals surface area contributed by atoms with E-state index in [1.807, 2.05) is 0 Å². The van der Waals surface area contributed by atoms with Gasteiger partial charge in [0.1, 0.15) is 0 Å². The largest absolute Gasteiger partial charge is 0.393 e. The van der Waals surface area contributed by atoms with Crippen LogP contribution < -0.4 is 0 Å². The van der Waals surface area contributed by atoms with Gasteiger partial charge in [0.2, 0.25) is 0 Å². The molecule has 4 aliphatic rings. The van der Waals surface area contributed by atoms with Gasteiger partial charge in [-0.25, -0.2) is 0 Å². The molecule has 0 amide bonds. The minimum absolute atomic E-state index is 0.0436. The molecule has 0 aromatic rings. The van der Waals surface area contributed by atoms with Crippen molar-refractivity contribution in [2.24, 2.45) is 40.4 Å². The molecule has 2 nitrogen and oxygen atoms in total. The molecule has 4 aliphatic carbocycles. The molecule has 0 bridgehead atoms. The molecule has 4 saturated carbocycles. The van der Waals surface area contributed by atoms with Gasteiger partial charge in [-0.2, -0.15) is 5.26 Å². The van der Waals surface area contributed by atoms with Gasteiger partial charge in [-0.3, -0.25) is 0 Å². The maximum absolute atomic E-state index is 10.1. The Bertz CT molecular complexity index is 496. The highest BCUT2D eigenvalue weighted by Crippen LogP contribution is 2.67. The van der Waals surface area contributed by atoms with Gasteiger partial charge in [0.25, 0.3) is 0 Å². The maximum atomic E-state index is 10.1. The Morgan fingerprint density at radius 3 is 2.41 bits per heavy atom. The van der Waals surface area contributed by atoms with E-state index in [1.54, 1.807) is 0 Å². The molecule has 0 saturated heterocycles. The van der Waals surface area contributed by atoms with Crippen molar-refractivity contribution in [3.8, 4) is 6.07 Å². The maximum Gasteiger partial charge on any atom is 0.0661 e. The topological polar surface area (TPSA) is 44.0 Å². The van der Waals surface area contributed by atoms with E-state index in [2.05, 4.69) is 19.9 Å². The molecule has 1 N–H and O–H groups in total. The van der Waals surface area contributed by atoms with Crippen LogP contribution in [0.25, 0.3) is 0 Å². The van der Waals surface area contributed by atoms with Crippen LogP contribution >= 0.6 is 0 Å². The molecule has 8 atom stereocenters. The molecular formula is C20H31NO. The van der Waals surface area contributed by atoms with E-state index in [9.17, 15) is 10.4 Å². The zero-order chi connectivity index (χ0) is 15.5. The number of nitriles is 1. The summed E-state index contributed by atoms with van der Waals surface area (Å²) in [5.41, 5.74) is 0.765. The molecule has 22 heavy (non-hydrogen) atoms. The Morgan fingerprint density at radius 1 is 0.909 bits per heavy atom. The molecule has 0 radical (unpaired) electrons. The minimum atomic E-state index is -0.0436. The Labute approximate surface area is 135 Å². The van der Waals surface area contributed by atoms with Crippen molar-refractivity contribution in [1.82, 2.24) is 0 Å². The summed E-state index contributed by atoms with van der Waals surface area (Å²) in [4.78, 5) is 0. The number of aliphatic hydroxyl groups is 1. The molecule has 0 aliphatic heterocycles. The quantitative estimate of drug-likeness (QED) is 0.714. The summed E-state index contributed by atoms with van der Waals surface area (Å²) >= 11 is 0. The Balaban J connectivity index is 1.62. The zero-order valence-corrected chi connectivity index (χ0v) is 14.2. The summed E-state index contributed by atoms with van der Waals surface area (Å²) in [6, 6.07) is 2.64. The third-order valence-electron chi connectivity index (χ3n) is 8.79. The van der Waals surface area contributed by atoms with Crippen LogP contribution in [0.4, 0.5) is 0 Å². The Hall–Kier alpha value is -0.550. The first-order chi connectivity index (χ1) is 10.5. The number of hydrogen-bond acceptors (Lipinski definition) is 2. The fraction of sp³-hybridized carbons (Fsp3) is 0.950. The van der Waals surface area contributed by atoms with Crippen LogP contribution in [0.15, 0.2) is 0 Å². The van der Waals surface area contributed by atoms with Crippen LogP contribution in [0.3, 0.4) is 0 Å².